The summed E-state index contributed by atoms with van der Waals surface area (Å²) in [5.41, 5.74) is 0.0753. The lowest BCUT2D eigenvalue weighted by Gasteiger charge is -2.13. The lowest BCUT2D eigenvalue weighted by Crippen LogP contribution is -2.32. The van der Waals surface area contributed by atoms with Crippen molar-refractivity contribution in [2.24, 2.45) is 0 Å². The van der Waals surface area contributed by atoms with Crippen molar-refractivity contribution < 1.29 is 26.9 Å². The van der Waals surface area contributed by atoms with Gasteiger partial charge in [0.05, 0.1) is 10.8 Å². The Bertz CT molecular complexity index is 803. The predicted octanol–water partition coefficient (Wildman–Crippen LogP) is 4.43. The fourth-order valence-electron chi connectivity index (χ4n) is 1.88. The van der Waals surface area contributed by atoms with Crippen LogP contribution >= 0.6 is 0 Å². The Hall–Kier alpha value is -2.61. The van der Waals surface area contributed by atoms with E-state index in [-0.39, 0.29) is 11.5 Å². The maximum absolute atomic E-state index is 13.1. The van der Waals surface area contributed by atoms with Crippen LogP contribution in [0, 0.1) is 6.92 Å². The molecule has 0 saturated heterocycles. The fourth-order valence-corrected chi connectivity index (χ4v) is 2.83. The highest BCUT2D eigenvalue weighted by atomic mass is 32.2. The topological polar surface area (TPSA) is 55.4 Å². The first-order chi connectivity index (χ1) is 12.3. The maximum atomic E-state index is 13.1. The molecular weight excluding hydrogens is 367 g/mol. The molecule has 0 aliphatic heterocycles. The normalized spacial score (nSPS) is 13.2. The SMILES string of the molecule is Cc1ccc([S@@](=O)/C=C(/NC(=O)OCc2ccccc2)C(F)(F)F)cc1. The third kappa shape index (κ3) is 6.03. The summed E-state index contributed by atoms with van der Waals surface area (Å²) in [6.45, 7) is 1.62. The Labute approximate surface area is 151 Å². The van der Waals surface area contributed by atoms with E-state index in [1.54, 1.807) is 54.7 Å². The van der Waals surface area contributed by atoms with E-state index in [1.165, 1.54) is 12.1 Å². The first-order valence-corrected chi connectivity index (χ1v) is 8.71. The molecule has 0 unspecified atom stereocenters. The van der Waals surface area contributed by atoms with Crippen molar-refractivity contribution >= 4 is 16.9 Å². The number of alkyl carbamates (subject to hydrolysis) is 1. The lowest BCUT2D eigenvalue weighted by atomic mass is 10.2. The minimum atomic E-state index is -4.88. The predicted molar refractivity (Wildman–Crippen MR) is 91.5 cm³/mol. The molecule has 0 spiro atoms. The van der Waals surface area contributed by atoms with Crippen LogP contribution in [0.2, 0.25) is 0 Å². The summed E-state index contributed by atoms with van der Waals surface area (Å²) in [5, 5.41) is 2.07. The largest absolute Gasteiger partial charge is 0.444 e. The highest BCUT2D eigenvalue weighted by Gasteiger charge is 2.36. The molecule has 1 atom stereocenters. The number of ether oxygens (including phenoxy) is 1. The summed E-state index contributed by atoms with van der Waals surface area (Å²) in [6, 6.07) is 14.7. The second-order valence-corrected chi connectivity index (χ2v) is 6.63. The van der Waals surface area contributed by atoms with Crippen molar-refractivity contribution in [2.45, 2.75) is 24.6 Å². The summed E-state index contributed by atoms with van der Waals surface area (Å²) < 4.78 is 56.2. The minimum Gasteiger partial charge on any atom is -0.444 e. The lowest BCUT2D eigenvalue weighted by molar-refractivity contribution is -0.0960. The van der Waals surface area contributed by atoms with E-state index in [0.717, 1.165) is 5.56 Å². The van der Waals surface area contributed by atoms with Crippen molar-refractivity contribution in [1.82, 2.24) is 5.32 Å². The van der Waals surface area contributed by atoms with Gasteiger partial charge in [0, 0.05) is 10.3 Å². The van der Waals surface area contributed by atoms with Crippen molar-refractivity contribution in [3.8, 4) is 0 Å². The molecule has 0 aliphatic carbocycles. The number of hydrogen-bond donors (Lipinski definition) is 1. The molecule has 2 aromatic rings. The summed E-state index contributed by atoms with van der Waals surface area (Å²) >= 11 is 0. The van der Waals surface area contributed by atoms with Gasteiger partial charge in [-0.1, -0.05) is 48.0 Å². The van der Waals surface area contributed by atoms with E-state index in [1.807, 2.05) is 0 Å². The number of carbonyl (C=O) groups is 1. The van der Waals surface area contributed by atoms with Crippen LogP contribution in [0.5, 0.6) is 0 Å². The molecule has 0 bridgehead atoms. The van der Waals surface area contributed by atoms with Crippen LogP contribution in [0.4, 0.5) is 18.0 Å². The van der Waals surface area contributed by atoms with Gasteiger partial charge in [-0.25, -0.2) is 9.00 Å². The first-order valence-electron chi connectivity index (χ1n) is 7.49. The van der Waals surface area contributed by atoms with E-state index in [0.29, 0.717) is 11.0 Å². The monoisotopic (exact) mass is 383 g/mol. The summed E-state index contributed by atoms with van der Waals surface area (Å²) in [4.78, 5) is 11.9. The second kappa shape index (κ2) is 8.66. The molecule has 26 heavy (non-hydrogen) atoms. The second-order valence-electron chi connectivity index (χ2n) is 5.33. The van der Waals surface area contributed by atoms with Gasteiger partial charge in [0.1, 0.15) is 12.3 Å². The standard InChI is InChI=1S/C18H16F3NO3S/c1-13-7-9-15(10-8-13)26(24)12-16(18(19,20)21)22-17(23)25-11-14-5-3-2-4-6-14/h2-10,12H,11H2,1H3,(H,22,23)/b16-12+/t26-/m0/s1. The zero-order valence-corrected chi connectivity index (χ0v) is 14.6. The van der Waals surface area contributed by atoms with E-state index in [9.17, 15) is 22.2 Å². The Balaban J connectivity index is 2.08. The van der Waals surface area contributed by atoms with Crippen molar-refractivity contribution in [3.05, 3.63) is 76.8 Å². The summed E-state index contributed by atoms with van der Waals surface area (Å²) in [7, 11) is -2.08. The highest BCUT2D eigenvalue weighted by molar-refractivity contribution is 7.88. The third-order valence-electron chi connectivity index (χ3n) is 3.23. The molecule has 0 heterocycles. The molecule has 0 aromatic heterocycles. The number of aryl methyl sites for hydroxylation is 1. The molecular formula is C18H16F3NO3S. The average Bonchev–Trinajstić information content (AvgIpc) is 2.60. The van der Waals surface area contributed by atoms with Gasteiger partial charge in [0.25, 0.3) is 0 Å². The van der Waals surface area contributed by atoms with Crippen LogP contribution < -0.4 is 5.32 Å². The van der Waals surface area contributed by atoms with Crippen LogP contribution in [0.15, 0.2) is 70.6 Å². The van der Waals surface area contributed by atoms with E-state index in [2.05, 4.69) is 0 Å². The van der Waals surface area contributed by atoms with Crippen LogP contribution in [0.25, 0.3) is 0 Å². The molecule has 2 rings (SSSR count). The van der Waals surface area contributed by atoms with Crippen molar-refractivity contribution in [1.29, 1.82) is 0 Å². The first kappa shape index (κ1) is 19.7. The Morgan fingerprint density at radius 2 is 1.73 bits per heavy atom. The third-order valence-corrected chi connectivity index (χ3v) is 4.42. The van der Waals surface area contributed by atoms with Gasteiger partial charge in [-0.3, -0.25) is 5.32 Å². The van der Waals surface area contributed by atoms with Crippen LogP contribution in [-0.2, 0) is 22.1 Å². The smallest absolute Gasteiger partial charge is 0.432 e. The van der Waals surface area contributed by atoms with Gasteiger partial charge in [-0.2, -0.15) is 13.2 Å². The van der Waals surface area contributed by atoms with Gasteiger partial charge in [-0.05, 0) is 24.6 Å². The quantitative estimate of drug-likeness (QED) is 0.831. The highest BCUT2D eigenvalue weighted by Crippen LogP contribution is 2.25. The van der Waals surface area contributed by atoms with E-state index in [4.69, 9.17) is 4.74 Å². The van der Waals surface area contributed by atoms with Gasteiger partial charge in [-0.15, -0.1) is 0 Å². The molecule has 0 fully saturated rings. The summed E-state index contributed by atoms with van der Waals surface area (Å²) in [5.74, 6) is 0. The Morgan fingerprint density at radius 1 is 1.12 bits per heavy atom. The van der Waals surface area contributed by atoms with E-state index < -0.39 is 28.8 Å². The molecule has 0 aliphatic rings. The van der Waals surface area contributed by atoms with Crippen LogP contribution in [0.1, 0.15) is 11.1 Å². The number of benzene rings is 2. The molecule has 1 N–H and O–H groups in total. The fraction of sp³-hybridized carbons (Fsp3) is 0.167. The Morgan fingerprint density at radius 3 is 2.31 bits per heavy atom. The number of alkyl halides is 3. The number of rotatable bonds is 5. The minimum absolute atomic E-state index is 0.182. The molecule has 1 amide bonds. The number of allylic oxidation sites excluding steroid dienone is 1. The summed E-state index contributed by atoms with van der Waals surface area (Å²) in [6.07, 6.45) is -6.16. The van der Waals surface area contributed by atoms with Crippen molar-refractivity contribution in [3.63, 3.8) is 0 Å². The van der Waals surface area contributed by atoms with Gasteiger partial charge >= 0.3 is 12.3 Å². The van der Waals surface area contributed by atoms with Crippen molar-refractivity contribution in [2.75, 3.05) is 0 Å². The molecule has 2 aromatic carbocycles. The zero-order chi connectivity index (χ0) is 19.2. The van der Waals surface area contributed by atoms with Gasteiger partial charge < -0.3 is 4.74 Å². The molecule has 8 heteroatoms. The van der Waals surface area contributed by atoms with E-state index >= 15 is 0 Å². The number of carbonyl (C=O) groups excluding carboxylic acids is 1. The average molecular weight is 383 g/mol. The maximum Gasteiger partial charge on any atom is 0.432 e. The zero-order valence-electron chi connectivity index (χ0n) is 13.7. The Kier molecular flexibility index (Phi) is 6.57. The molecule has 4 nitrogen and oxygen atoms in total. The van der Waals surface area contributed by atoms with Gasteiger partial charge in [0.15, 0.2) is 0 Å². The number of halogens is 3. The van der Waals surface area contributed by atoms with Crippen LogP contribution in [0.3, 0.4) is 0 Å². The number of nitrogens with one attached hydrogen (secondary N) is 1. The molecule has 0 saturated carbocycles. The molecule has 0 radical (unpaired) electrons. The number of amides is 1. The molecule has 138 valence electrons. The van der Waals surface area contributed by atoms with Crippen LogP contribution in [-0.4, -0.2) is 16.5 Å². The van der Waals surface area contributed by atoms with Gasteiger partial charge in [0.2, 0.25) is 0 Å². The number of hydrogen-bond acceptors (Lipinski definition) is 3.